The third-order valence-electron chi connectivity index (χ3n) is 4.94. The average molecular weight is 304 g/mol. The molecule has 4 heteroatoms. The molecule has 1 aromatic carbocycles. The maximum absolute atomic E-state index is 6.14. The van der Waals surface area contributed by atoms with Gasteiger partial charge < -0.3 is 19.7 Å². The number of piperazine rings is 1. The molecule has 122 valence electrons. The van der Waals surface area contributed by atoms with Crippen molar-refractivity contribution in [1.82, 2.24) is 10.2 Å². The van der Waals surface area contributed by atoms with Gasteiger partial charge in [-0.2, -0.15) is 0 Å². The van der Waals surface area contributed by atoms with E-state index in [1.807, 2.05) is 6.07 Å². The van der Waals surface area contributed by atoms with Gasteiger partial charge in [0.25, 0.3) is 0 Å². The van der Waals surface area contributed by atoms with Crippen LogP contribution in [-0.2, 0) is 11.3 Å². The molecule has 0 unspecified atom stereocenters. The lowest BCUT2D eigenvalue weighted by molar-refractivity contribution is 0.0143. The third-order valence-corrected chi connectivity index (χ3v) is 4.94. The van der Waals surface area contributed by atoms with Crippen LogP contribution in [0.25, 0.3) is 0 Å². The summed E-state index contributed by atoms with van der Waals surface area (Å²) in [5.41, 5.74) is 1.54. The average Bonchev–Trinajstić information content (AvgIpc) is 2.52. The van der Waals surface area contributed by atoms with Gasteiger partial charge in [-0.3, -0.25) is 0 Å². The summed E-state index contributed by atoms with van der Waals surface area (Å²) in [6, 6.07) is 8.28. The number of rotatable bonds is 7. The summed E-state index contributed by atoms with van der Waals surface area (Å²) in [4.78, 5) is 2.60. The molecule has 2 aliphatic rings. The predicted molar refractivity (Wildman–Crippen MR) is 88.2 cm³/mol. The fourth-order valence-electron chi connectivity index (χ4n) is 3.50. The van der Waals surface area contributed by atoms with Crippen LogP contribution in [0.1, 0.15) is 24.8 Å². The number of hydrogen-bond donors (Lipinski definition) is 1. The molecule has 0 radical (unpaired) electrons. The van der Waals surface area contributed by atoms with Gasteiger partial charge in [0.05, 0.1) is 13.2 Å². The summed E-state index contributed by atoms with van der Waals surface area (Å²) in [6.07, 6.45) is 3.95. The summed E-state index contributed by atoms with van der Waals surface area (Å²) < 4.78 is 11.3. The maximum atomic E-state index is 6.14. The normalized spacial score (nSPS) is 21.3. The van der Waals surface area contributed by atoms with Gasteiger partial charge in [0, 0.05) is 45.2 Å². The van der Waals surface area contributed by atoms with E-state index >= 15 is 0 Å². The van der Waals surface area contributed by atoms with Crippen LogP contribution >= 0.6 is 0 Å². The Bertz CT molecular complexity index is 468. The van der Waals surface area contributed by atoms with E-state index in [0.717, 1.165) is 25.4 Å². The van der Waals surface area contributed by atoms with Crippen LogP contribution < -0.4 is 10.1 Å². The van der Waals surface area contributed by atoms with Crippen LogP contribution in [0, 0.1) is 5.41 Å². The van der Waals surface area contributed by atoms with Gasteiger partial charge in [-0.25, -0.2) is 0 Å². The summed E-state index contributed by atoms with van der Waals surface area (Å²) in [5.74, 6) is 0.973. The highest BCUT2D eigenvalue weighted by atomic mass is 16.5. The zero-order chi connectivity index (χ0) is 15.3. The Morgan fingerprint density at radius 1 is 1.23 bits per heavy atom. The molecule has 1 N–H and O–H groups in total. The molecule has 0 atom stereocenters. The first-order valence-corrected chi connectivity index (χ1v) is 8.43. The molecule has 1 aromatic rings. The first-order valence-electron chi connectivity index (χ1n) is 8.43. The minimum atomic E-state index is 0.370. The molecule has 1 heterocycles. The molecule has 0 aromatic heterocycles. The molecule has 22 heavy (non-hydrogen) atoms. The lowest BCUT2D eigenvalue weighted by Gasteiger charge is -2.45. The lowest BCUT2D eigenvalue weighted by Crippen LogP contribution is -2.51. The van der Waals surface area contributed by atoms with Crippen molar-refractivity contribution in [2.24, 2.45) is 5.41 Å². The summed E-state index contributed by atoms with van der Waals surface area (Å²) in [5, 5.41) is 3.43. The van der Waals surface area contributed by atoms with Crippen molar-refractivity contribution >= 4 is 0 Å². The van der Waals surface area contributed by atoms with Gasteiger partial charge in [-0.1, -0.05) is 18.6 Å². The van der Waals surface area contributed by atoms with Crippen LogP contribution in [0.15, 0.2) is 24.3 Å². The molecule has 1 saturated carbocycles. The monoisotopic (exact) mass is 304 g/mol. The maximum Gasteiger partial charge on any atom is 0.119 e. The zero-order valence-electron chi connectivity index (χ0n) is 13.6. The molecular weight excluding hydrogens is 276 g/mol. The summed E-state index contributed by atoms with van der Waals surface area (Å²) in [7, 11) is 1.73. The van der Waals surface area contributed by atoms with Crippen LogP contribution in [-0.4, -0.2) is 51.3 Å². The van der Waals surface area contributed by atoms with Crippen LogP contribution in [0.5, 0.6) is 5.75 Å². The molecule has 0 amide bonds. The van der Waals surface area contributed by atoms with E-state index in [1.54, 1.807) is 7.11 Å². The van der Waals surface area contributed by atoms with Gasteiger partial charge in [0.15, 0.2) is 0 Å². The van der Waals surface area contributed by atoms with E-state index < -0.39 is 0 Å². The van der Waals surface area contributed by atoms with Crippen molar-refractivity contribution in [2.75, 3.05) is 46.4 Å². The molecule has 2 fully saturated rings. The van der Waals surface area contributed by atoms with E-state index in [0.29, 0.717) is 12.0 Å². The standard InChI is InChI=1S/C18H28N2O2/c1-21-13-16-4-2-5-17(12-16)22-15-18(6-3-7-18)14-20-10-8-19-9-11-20/h2,4-5,12,19H,3,6-11,13-15H2,1H3. The number of benzene rings is 1. The van der Waals surface area contributed by atoms with E-state index in [-0.39, 0.29) is 0 Å². The van der Waals surface area contributed by atoms with Gasteiger partial charge in [0.1, 0.15) is 5.75 Å². The summed E-state index contributed by atoms with van der Waals surface area (Å²) >= 11 is 0. The zero-order valence-corrected chi connectivity index (χ0v) is 13.6. The Labute approximate surface area is 133 Å². The fraction of sp³-hybridized carbons (Fsp3) is 0.667. The Morgan fingerprint density at radius 3 is 2.73 bits per heavy atom. The highest BCUT2D eigenvalue weighted by Crippen LogP contribution is 2.42. The van der Waals surface area contributed by atoms with Crippen molar-refractivity contribution in [3.8, 4) is 5.75 Å². The molecule has 1 aliphatic carbocycles. The Kier molecular flexibility index (Phi) is 5.34. The van der Waals surface area contributed by atoms with Gasteiger partial charge in [-0.05, 0) is 30.5 Å². The molecule has 1 saturated heterocycles. The fourth-order valence-corrected chi connectivity index (χ4v) is 3.50. The molecule has 3 rings (SSSR count). The van der Waals surface area contributed by atoms with Crippen molar-refractivity contribution < 1.29 is 9.47 Å². The highest BCUT2D eigenvalue weighted by Gasteiger charge is 2.39. The molecule has 4 nitrogen and oxygen atoms in total. The van der Waals surface area contributed by atoms with E-state index in [9.17, 15) is 0 Å². The first-order chi connectivity index (χ1) is 10.8. The lowest BCUT2D eigenvalue weighted by atomic mass is 9.69. The smallest absolute Gasteiger partial charge is 0.119 e. The van der Waals surface area contributed by atoms with Gasteiger partial charge in [0.2, 0.25) is 0 Å². The van der Waals surface area contributed by atoms with Crippen LogP contribution in [0.4, 0.5) is 0 Å². The first kappa shape index (κ1) is 15.8. The number of nitrogens with zero attached hydrogens (tertiary/aromatic N) is 1. The SMILES string of the molecule is COCc1cccc(OCC2(CN3CCNCC3)CCC2)c1. The Hall–Kier alpha value is -1.10. The number of nitrogens with one attached hydrogen (secondary N) is 1. The van der Waals surface area contributed by atoms with Gasteiger partial charge >= 0.3 is 0 Å². The number of hydrogen-bond acceptors (Lipinski definition) is 4. The largest absolute Gasteiger partial charge is 0.493 e. The molecule has 0 bridgehead atoms. The molecule has 0 spiro atoms. The van der Waals surface area contributed by atoms with Crippen molar-refractivity contribution in [3.05, 3.63) is 29.8 Å². The van der Waals surface area contributed by atoms with Crippen LogP contribution in [0.2, 0.25) is 0 Å². The van der Waals surface area contributed by atoms with E-state index in [4.69, 9.17) is 9.47 Å². The molecule has 1 aliphatic heterocycles. The minimum absolute atomic E-state index is 0.370. The second-order valence-corrected chi connectivity index (χ2v) is 6.75. The number of methoxy groups -OCH3 is 1. The summed E-state index contributed by atoms with van der Waals surface area (Å²) in [6.45, 7) is 7.26. The second kappa shape index (κ2) is 7.44. The molecular formula is C18H28N2O2. The number of ether oxygens (including phenoxy) is 2. The second-order valence-electron chi connectivity index (χ2n) is 6.75. The van der Waals surface area contributed by atoms with Gasteiger partial charge in [-0.15, -0.1) is 0 Å². The Balaban J connectivity index is 1.55. The highest BCUT2D eigenvalue weighted by molar-refractivity contribution is 5.28. The van der Waals surface area contributed by atoms with Crippen LogP contribution in [0.3, 0.4) is 0 Å². The minimum Gasteiger partial charge on any atom is -0.493 e. The van der Waals surface area contributed by atoms with Crippen molar-refractivity contribution in [3.63, 3.8) is 0 Å². The third kappa shape index (κ3) is 4.00. The quantitative estimate of drug-likeness (QED) is 0.838. The Morgan fingerprint density at radius 2 is 2.05 bits per heavy atom. The topological polar surface area (TPSA) is 33.7 Å². The predicted octanol–water partition coefficient (Wildman–Crippen LogP) is 2.29. The van der Waals surface area contributed by atoms with Crippen molar-refractivity contribution in [1.29, 1.82) is 0 Å². The van der Waals surface area contributed by atoms with E-state index in [2.05, 4.69) is 28.4 Å². The van der Waals surface area contributed by atoms with Crippen molar-refractivity contribution in [2.45, 2.75) is 25.9 Å². The van der Waals surface area contributed by atoms with E-state index in [1.165, 1.54) is 44.5 Å².